The van der Waals surface area contributed by atoms with E-state index in [1.807, 2.05) is 54.8 Å². The van der Waals surface area contributed by atoms with Crippen LogP contribution in [0.15, 0.2) is 52.2 Å². The first-order valence-corrected chi connectivity index (χ1v) is 10.2. The van der Waals surface area contributed by atoms with Crippen LogP contribution in [0.3, 0.4) is 0 Å². The van der Waals surface area contributed by atoms with Crippen molar-refractivity contribution in [3.63, 3.8) is 0 Å². The minimum atomic E-state index is -0.444. The second kappa shape index (κ2) is 8.31. The molecule has 0 radical (unpaired) electrons. The number of fused-ring (bicyclic) bond motifs is 1. The van der Waals surface area contributed by atoms with Gasteiger partial charge < -0.3 is 9.67 Å². The molecule has 31 heavy (non-hydrogen) atoms. The minimum absolute atomic E-state index is 0.103. The first kappa shape index (κ1) is 20.7. The molecule has 1 N–H and O–H groups in total. The number of aliphatic hydroxyl groups excluding tert-OH is 1. The summed E-state index contributed by atoms with van der Waals surface area (Å²) in [5.41, 5.74) is 3.57. The fraction of sp³-hybridized carbons (Fsp3) is 0.304. The van der Waals surface area contributed by atoms with Gasteiger partial charge in [0.25, 0.3) is 5.56 Å². The van der Waals surface area contributed by atoms with Crippen molar-refractivity contribution in [3.8, 4) is 11.4 Å². The number of pyridine rings is 1. The standard InChI is InChI=1S/C23H25N5O3/c1-15-9-10-17(24-13-15)14-28-19-21(25-20(28)18-8-5-4-7-16(18)2)26(3)23(31)27(22(19)30)11-6-12-29/h4-5,7-10,13,29H,6,11-12,14H2,1-3H3. The fourth-order valence-electron chi connectivity index (χ4n) is 3.73. The van der Waals surface area contributed by atoms with Gasteiger partial charge in [0.2, 0.25) is 0 Å². The molecule has 8 heteroatoms. The van der Waals surface area contributed by atoms with Crippen LogP contribution in [-0.2, 0) is 20.1 Å². The largest absolute Gasteiger partial charge is 0.396 e. The van der Waals surface area contributed by atoms with Crippen LogP contribution in [0, 0.1) is 13.8 Å². The summed E-state index contributed by atoms with van der Waals surface area (Å²) in [4.78, 5) is 35.4. The Kier molecular flexibility index (Phi) is 5.56. The number of aliphatic hydroxyl groups is 1. The lowest BCUT2D eigenvalue weighted by Gasteiger charge is -2.12. The Bertz CT molecular complexity index is 1360. The zero-order chi connectivity index (χ0) is 22.1. The lowest BCUT2D eigenvalue weighted by Crippen LogP contribution is -2.40. The predicted octanol–water partition coefficient (Wildman–Crippen LogP) is 2.01. The van der Waals surface area contributed by atoms with Crippen LogP contribution < -0.4 is 11.2 Å². The molecule has 0 saturated carbocycles. The lowest BCUT2D eigenvalue weighted by atomic mass is 10.1. The molecular formula is C23H25N5O3. The number of rotatable bonds is 6. The third-order valence-corrected chi connectivity index (χ3v) is 5.45. The Balaban J connectivity index is 2.04. The van der Waals surface area contributed by atoms with Crippen LogP contribution in [0.5, 0.6) is 0 Å². The molecular weight excluding hydrogens is 394 g/mol. The van der Waals surface area contributed by atoms with Gasteiger partial charge in [0.05, 0.1) is 12.2 Å². The minimum Gasteiger partial charge on any atom is -0.396 e. The van der Waals surface area contributed by atoms with E-state index in [0.29, 0.717) is 30.0 Å². The molecule has 0 spiro atoms. The number of hydrogen-bond donors (Lipinski definition) is 1. The third kappa shape index (κ3) is 3.70. The first-order chi connectivity index (χ1) is 14.9. The molecule has 0 fully saturated rings. The second-order valence-corrected chi connectivity index (χ2v) is 7.71. The molecule has 4 rings (SSSR count). The van der Waals surface area contributed by atoms with Crippen molar-refractivity contribution in [1.29, 1.82) is 0 Å². The monoisotopic (exact) mass is 419 g/mol. The third-order valence-electron chi connectivity index (χ3n) is 5.45. The van der Waals surface area contributed by atoms with Gasteiger partial charge in [0.1, 0.15) is 5.82 Å². The van der Waals surface area contributed by atoms with Crippen LogP contribution in [0.25, 0.3) is 22.6 Å². The summed E-state index contributed by atoms with van der Waals surface area (Å²) >= 11 is 0. The highest BCUT2D eigenvalue weighted by molar-refractivity contribution is 5.78. The van der Waals surface area contributed by atoms with E-state index in [9.17, 15) is 14.7 Å². The summed E-state index contributed by atoms with van der Waals surface area (Å²) < 4.78 is 4.41. The summed E-state index contributed by atoms with van der Waals surface area (Å²) in [7, 11) is 1.61. The summed E-state index contributed by atoms with van der Waals surface area (Å²) in [6.45, 7) is 4.34. The molecule has 8 nitrogen and oxygen atoms in total. The zero-order valence-electron chi connectivity index (χ0n) is 17.9. The average molecular weight is 419 g/mol. The van der Waals surface area contributed by atoms with Crippen LogP contribution in [-0.4, -0.2) is 35.4 Å². The van der Waals surface area contributed by atoms with E-state index in [4.69, 9.17) is 4.98 Å². The molecule has 0 aliphatic heterocycles. The van der Waals surface area contributed by atoms with Crippen molar-refractivity contribution < 1.29 is 5.11 Å². The van der Waals surface area contributed by atoms with Crippen molar-refractivity contribution >= 4 is 11.2 Å². The Labute approximate surface area is 179 Å². The molecule has 0 bridgehead atoms. The number of aromatic nitrogens is 5. The van der Waals surface area contributed by atoms with Gasteiger partial charge in [0.15, 0.2) is 11.2 Å². The summed E-state index contributed by atoms with van der Waals surface area (Å²) in [6.07, 6.45) is 2.11. The van der Waals surface area contributed by atoms with Gasteiger partial charge in [-0.1, -0.05) is 30.3 Å². The molecule has 1 aromatic carbocycles. The summed E-state index contributed by atoms with van der Waals surface area (Å²) in [5.74, 6) is 0.613. The highest BCUT2D eigenvalue weighted by Gasteiger charge is 2.22. The molecule has 0 saturated heterocycles. The zero-order valence-corrected chi connectivity index (χ0v) is 17.9. The van der Waals surface area contributed by atoms with Gasteiger partial charge in [0, 0.05) is 32.0 Å². The van der Waals surface area contributed by atoms with Crippen LogP contribution in [0.1, 0.15) is 23.2 Å². The second-order valence-electron chi connectivity index (χ2n) is 7.71. The molecule has 0 atom stereocenters. The average Bonchev–Trinajstić information content (AvgIpc) is 3.13. The maximum absolute atomic E-state index is 13.4. The smallest absolute Gasteiger partial charge is 0.332 e. The number of nitrogens with zero attached hydrogens (tertiary/aromatic N) is 5. The summed E-state index contributed by atoms with van der Waals surface area (Å²) in [6, 6.07) is 11.7. The van der Waals surface area contributed by atoms with E-state index < -0.39 is 11.2 Å². The van der Waals surface area contributed by atoms with Crippen LogP contribution in [0.4, 0.5) is 0 Å². The predicted molar refractivity (Wildman–Crippen MR) is 119 cm³/mol. The van der Waals surface area contributed by atoms with E-state index in [-0.39, 0.29) is 13.2 Å². The SMILES string of the molecule is Cc1ccc(Cn2c(-c3ccccc3C)nc3c2c(=O)n(CCCO)c(=O)n3C)nc1. The number of benzene rings is 1. The molecule has 0 aliphatic rings. The van der Waals surface area contributed by atoms with E-state index >= 15 is 0 Å². The normalized spacial score (nSPS) is 11.4. The van der Waals surface area contributed by atoms with E-state index in [1.165, 1.54) is 9.13 Å². The van der Waals surface area contributed by atoms with E-state index in [1.54, 1.807) is 13.2 Å². The molecule has 3 aromatic heterocycles. The fourth-order valence-corrected chi connectivity index (χ4v) is 3.73. The Morgan fingerprint density at radius 2 is 1.81 bits per heavy atom. The van der Waals surface area contributed by atoms with Gasteiger partial charge in [-0.2, -0.15) is 0 Å². The van der Waals surface area contributed by atoms with Gasteiger partial charge in [-0.05, 0) is 37.5 Å². The highest BCUT2D eigenvalue weighted by Crippen LogP contribution is 2.26. The Hall–Kier alpha value is -3.52. The maximum Gasteiger partial charge on any atom is 0.332 e. The molecule has 0 amide bonds. The maximum atomic E-state index is 13.4. The van der Waals surface area contributed by atoms with Crippen molar-refractivity contribution in [2.45, 2.75) is 33.4 Å². The van der Waals surface area contributed by atoms with Crippen molar-refractivity contribution in [1.82, 2.24) is 23.7 Å². The number of imidazole rings is 1. The van der Waals surface area contributed by atoms with Crippen LogP contribution >= 0.6 is 0 Å². The highest BCUT2D eigenvalue weighted by atomic mass is 16.3. The van der Waals surface area contributed by atoms with Gasteiger partial charge in [-0.25, -0.2) is 9.78 Å². The van der Waals surface area contributed by atoms with Crippen molar-refractivity contribution in [2.75, 3.05) is 6.61 Å². The Morgan fingerprint density at radius 3 is 2.48 bits per heavy atom. The van der Waals surface area contributed by atoms with E-state index in [0.717, 1.165) is 22.4 Å². The summed E-state index contributed by atoms with van der Waals surface area (Å²) in [5, 5.41) is 9.20. The van der Waals surface area contributed by atoms with Gasteiger partial charge in [-0.3, -0.25) is 18.9 Å². The van der Waals surface area contributed by atoms with Crippen molar-refractivity contribution in [3.05, 3.63) is 80.3 Å². The first-order valence-electron chi connectivity index (χ1n) is 10.2. The van der Waals surface area contributed by atoms with E-state index in [2.05, 4.69) is 4.98 Å². The number of aryl methyl sites for hydroxylation is 3. The molecule has 0 aliphatic carbocycles. The molecule has 160 valence electrons. The number of hydrogen-bond acceptors (Lipinski definition) is 5. The lowest BCUT2D eigenvalue weighted by molar-refractivity contribution is 0.277. The van der Waals surface area contributed by atoms with Crippen LogP contribution in [0.2, 0.25) is 0 Å². The van der Waals surface area contributed by atoms with Gasteiger partial charge in [-0.15, -0.1) is 0 Å². The quantitative estimate of drug-likeness (QED) is 0.516. The molecule has 0 unspecified atom stereocenters. The molecule has 4 aromatic rings. The topological polar surface area (TPSA) is 94.9 Å². The van der Waals surface area contributed by atoms with Gasteiger partial charge >= 0.3 is 5.69 Å². The Morgan fingerprint density at radius 1 is 1.03 bits per heavy atom. The molecule has 3 heterocycles. The van der Waals surface area contributed by atoms with Crippen molar-refractivity contribution in [2.24, 2.45) is 7.05 Å².